The smallest absolute Gasteiger partial charge is 0.143 e. The van der Waals surface area contributed by atoms with Crippen LogP contribution in [0.1, 0.15) is 0 Å². The summed E-state index contributed by atoms with van der Waals surface area (Å²) in [5.74, 6) is 0.660. The first-order valence-corrected chi connectivity index (χ1v) is 3.96. The third-order valence-electron chi connectivity index (χ3n) is 1.62. The van der Waals surface area contributed by atoms with Gasteiger partial charge in [-0.15, -0.1) is 24.8 Å². The number of halogens is 3. The lowest BCUT2D eigenvalue weighted by atomic mass is 10.3. The summed E-state index contributed by atoms with van der Waals surface area (Å²) in [5.41, 5.74) is 7.05. The van der Waals surface area contributed by atoms with Crippen LogP contribution in [0.4, 0.5) is 11.4 Å². The van der Waals surface area contributed by atoms with Crippen molar-refractivity contribution in [3.63, 3.8) is 0 Å². The standard InChI is InChI=1S/C8H7ClN3.2ClH/c9-5-1-2-6-7(3-5)12-8(4-10)11-6;;/h1-3H,4,10H2;2*1H. The molecule has 0 amide bonds. The third-order valence-corrected chi connectivity index (χ3v) is 1.85. The van der Waals surface area contributed by atoms with E-state index in [-0.39, 0.29) is 24.8 Å². The van der Waals surface area contributed by atoms with Crippen molar-refractivity contribution in [3.8, 4) is 0 Å². The van der Waals surface area contributed by atoms with E-state index >= 15 is 0 Å². The first-order chi connectivity index (χ1) is 5.79. The predicted molar refractivity (Wildman–Crippen MR) is 63.9 cm³/mol. The van der Waals surface area contributed by atoms with Gasteiger partial charge >= 0.3 is 0 Å². The molecular weight excluding hydrogens is 244 g/mol. The van der Waals surface area contributed by atoms with Gasteiger partial charge in [-0.25, -0.2) is 10.3 Å². The van der Waals surface area contributed by atoms with E-state index in [1.54, 1.807) is 12.1 Å². The van der Waals surface area contributed by atoms with Crippen LogP contribution < -0.4 is 11.1 Å². The molecular formula is C8H9Cl3N3. The lowest BCUT2D eigenvalue weighted by molar-refractivity contribution is 1.19. The van der Waals surface area contributed by atoms with Gasteiger partial charge in [0.05, 0.1) is 17.9 Å². The molecule has 6 heteroatoms. The average Bonchev–Trinajstić information content (AvgIpc) is 2.46. The fourth-order valence-electron chi connectivity index (χ4n) is 1.08. The lowest BCUT2D eigenvalue weighted by Gasteiger charge is -1.95. The zero-order valence-electron chi connectivity index (χ0n) is 7.11. The summed E-state index contributed by atoms with van der Waals surface area (Å²) in [7, 11) is 0. The molecule has 0 saturated carbocycles. The number of rotatable bonds is 1. The highest BCUT2D eigenvalue weighted by Crippen LogP contribution is 2.32. The number of aliphatic imine (C=N–C) groups is 1. The highest BCUT2D eigenvalue weighted by molar-refractivity contribution is 6.31. The molecule has 2 rings (SSSR count). The SMILES string of the molecule is Cl.Cl.NCC1=Nc2ccc(Cl)cc2[N]1. The van der Waals surface area contributed by atoms with Crippen molar-refractivity contribution >= 4 is 53.6 Å². The van der Waals surface area contributed by atoms with Gasteiger partial charge in [-0.2, -0.15) is 0 Å². The molecule has 2 N–H and O–H groups in total. The number of amidine groups is 1. The number of hydrogen-bond donors (Lipinski definition) is 1. The maximum absolute atomic E-state index is 5.77. The Hall–Kier alpha value is -0.480. The van der Waals surface area contributed by atoms with E-state index in [0.29, 0.717) is 17.4 Å². The van der Waals surface area contributed by atoms with Crippen molar-refractivity contribution in [3.05, 3.63) is 23.2 Å². The van der Waals surface area contributed by atoms with Crippen LogP contribution in [0.25, 0.3) is 0 Å². The topological polar surface area (TPSA) is 52.5 Å². The van der Waals surface area contributed by atoms with E-state index in [1.165, 1.54) is 0 Å². The van der Waals surface area contributed by atoms with Gasteiger partial charge in [0.25, 0.3) is 0 Å². The molecule has 1 aliphatic heterocycles. The van der Waals surface area contributed by atoms with Crippen molar-refractivity contribution in [1.29, 1.82) is 0 Å². The fraction of sp³-hybridized carbons (Fsp3) is 0.125. The molecule has 0 bridgehead atoms. The second kappa shape index (κ2) is 5.41. The van der Waals surface area contributed by atoms with Crippen molar-refractivity contribution in [2.45, 2.75) is 0 Å². The molecule has 1 heterocycles. The molecule has 0 aliphatic carbocycles. The Balaban J connectivity index is 0.000000845. The molecule has 1 radical (unpaired) electrons. The second-order valence-electron chi connectivity index (χ2n) is 2.48. The number of benzene rings is 1. The summed E-state index contributed by atoms with van der Waals surface area (Å²) in [6.07, 6.45) is 0. The lowest BCUT2D eigenvalue weighted by Crippen LogP contribution is -2.18. The van der Waals surface area contributed by atoms with Crippen LogP contribution in [0.15, 0.2) is 23.2 Å². The zero-order valence-corrected chi connectivity index (χ0v) is 9.49. The molecule has 0 aromatic heterocycles. The van der Waals surface area contributed by atoms with Crippen LogP contribution in [-0.4, -0.2) is 12.4 Å². The van der Waals surface area contributed by atoms with E-state index in [4.69, 9.17) is 17.3 Å². The molecule has 0 saturated heterocycles. The van der Waals surface area contributed by atoms with Crippen LogP contribution in [0.3, 0.4) is 0 Å². The van der Waals surface area contributed by atoms with Gasteiger partial charge in [-0.3, -0.25) is 0 Å². The summed E-state index contributed by atoms with van der Waals surface area (Å²) in [4.78, 5) is 4.18. The van der Waals surface area contributed by atoms with E-state index < -0.39 is 0 Å². The van der Waals surface area contributed by atoms with Crippen molar-refractivity contribution in [2.75, 3.05) is 6.54 Å². The molecule has 0 unspecified atom stereocenters. The summed E-state index contributed by atoms with van der Waals surface area (Å²) >= 11 is 5.77. The summed E-state index contributed by atoms with van der Waals surface area (Å²) < 4.78 is 0. The summed E-state index contributed by atoms with van der Waals surface area (Å²) in [6, 6.07) is 5.41. The Morgan fingerprint density at radius 2 is 1.93 bits per heavy atom. The maximum atomic E-state index is 5.77. The Kier molecular flexibility index (Phi) is 5.23. The largest absolute Gasteiger partial charge is 0.324 e. The van der Waals surface area contributed by atoms with Gasteiger partial charge in [0.1, 0.15) is 5.84 Å². The third kappa shape index (κ3) is 2.51. The number of nitrogens with two attached hydrogens (primary N) is 1. The monoisotopic (exact) mass is 252 g/mol. The normalized spacial score (nSPS) is 11.7. The number of fused-ring (bicyclic) bond motifs is 1. The molecule has 0 atom stereocenters. The van der Waals surface area contributed by atoms with E-state index in [9.17, 15) is 0 Å². The Bertz CT molecular complexity index is 352. The van der Waals surface area contributed by atoms with Crippen LogP contribution in [-0.2, 0) is 0 Å². The van der Waals surface area contributed by atoms with Gasteiger partial charge in [-0.1, -0.05) is 11.6 Å². The molecule has 0 fully saturated rings. The maximum Gasteiger partial charge on any atom is 0.143 e. The second-order valence-corrected chi connectivity index (χ2v) is 2.91. The van der Waals surface area contributed by atoms with E-state index in [2.05, 4.69) is 10.3 Å². The minimum Gasteiger partial charge on any atom is -0.324 e. The fourth-order valence-corrected chi connectivity index (χ4v) is 1.24. The predicted octanol–water partition coefficient (Wildman–Crippen LogP) is 2.42. The average molecular weight is 254 g/mol. The summed E-state index contributed by atoms with van der Waals surface area (Å²) in [5, 5.41) is 4.84. The van der Waals surface area contributed by atoms with Crippen LogP contribution in [0.5, 0.6) is 0 Å². The van der Waals surface area contributed by atoms with Crippen LogP contribution in [0, 0.1) is 0 Å². The first kappa shape index (κ1) is 13.5. The van der Waals surface area contributed by atoms with Crippen LogP contribution >= 0.6 is 36.4 Å². The molecule has 1 aromatic rings. The van der Waals surface area contributed by atoms with Gasteiger partial charge in [0, 0.05) is 5.02 Å². The molecule has 3 nitrogen and oxygen atoms in total. The van der Waals surface area contributed by atoms with E-state index in [1.807, 2.05) is 6.07 Å². The molecule has 1 aromatic carbocycles. The number of hydrogen-bond acceptors (Lipinski definition) is 2. The molecule has 0 spiro atoms. The highest BCUT2D eigenvalue weighted by atomic mass is 35.5. The molecule has 77 valence electrons. The first-order valence-electron chi connectivity index (χ1n) is 3.58. The summed E-state index contributed by atoms with van der Waals surface area (Å²) in [6.45, 7) is 0.367. The zero-order chi connectivity index (χ0) is 8.55. The Morgan fingerprint density at radius 3 is 2.57 bits per heavy atom. The number of nitrogens with zero attached hydrogens (tertiary/aromatic N) is 2. The van der Waals surface area contributed by atoms with Gasteiger partial charge < -0.3 is 5.73 Å². The quantitative estimate of drug-likeness (QED) is 0.821. The Labute approximate surface area is 99.5 Å². The minimum absolute atomic E-state index is 0. The van der Waals surface area contributed by atoms with Crippen molar-refractivity contribution in [1.82, 2.24) is 5.32 Å². The minimum atomic E-state index is 0. The van der Waals surface area contributed by atoms with E-state index in [0.717, 1.165) is 11.4 Å². The van der Waals surface area contributed by atoms with Crippen molar-refractivity contribution in [2.24, 2.45) is 10.7 Å². The van der Waals surface area contributed by atoms with Gasteiger partial charge in [0.2, 0.25) is 0 Å². The Morgan fingerprint density at radius 1 is 1.21 bits per heavy atom. The van der Waals surface area contributed by atoms with Crippen molar-refractivity contribution < 1.29 is 0 Å². The van der Waals surface area contributed by atoms with Gasteiger partial charge in [-0.05, 0) is 18.2 Å². The van der Waals surface area contributed by atoms with Gasteiger partial charge in [0.15, 0.2) is 0 Å². The highest BCUT2D eigenvalue weighted by Gasteiger charge is 2.13. The molecule has 1 aliphatic rings. The van der Waals surface area contributed by atoms with Crippen LogP contribution in [0.2, 0.25) is 5.02 Å². The molecule has 14 heavy (non-hydrogen) atoms.